The minimum atomic E-state index is -4.53. The smallest absolute Gasteiger partial charge is 0.368 e. The number of hydrogen-bond donors (Lipinski definition) is 1. The highest BCUT2D eigenvalue weighted by atomic mass is 19.4. The first-order valence-electron chi connectivity index (χ1n) is 6.77. The van der Waals surface area contributed by atoms with E-state index in [-0.39, 0.29) is 11.6 Å². The Bertz CT molecular complexity index is 680. The number of fused-ring (bicyclic) bond motifs is 1. The van der Waals surface area contributed by atoms with Gasteiger partial charge in [-0.25, -0.2) is 9.97 Å². The van der Waals surface area contributed by atoms with Crippen LogP contribution in [0.1, 0.15) is 29.7 Å². The SMILES string of the molecule is Nc1nc(-c2ccc3c(c2)CCCC3)cc(C(F)(F)F)n1. The molecule has 0 amide bonds. The highest BCUT2D eigenvalue weighted by Crippen LogP contribution is 2.32. The summed E-state index contributed by atoms with van der Waals surface area (Å²) >= 11 is 0. The molecule has 0 radical (unpaired) electrons. The molecule has 0 fully saturated rings. The number of hydrogen-bond acceptors (Lipinski definition) is 3. The van der Waals surface area contributed by atoms with Crippen molar-refractivity contribution in [2.75, 3.05) is 5.73 Å². The van der Waals surface area contributed by atoms with E-state index in [0.29, 0.717) is 5.56 Å². The molecule has 0 saturated heterocycles. The lowest BCUT2D eigenvalue weighted by Gasteiger charge is -2.16. The molecule has 0 atom stereocenters. The minimum Gasteiger partial charge on any atom is -0.368 e. The lowest BCUT2D eigenvalue weighted by atomic mass is 9.90. The van der Waals surface area contributed by atoms with Gasteiger partial charge in [0.2, 0.25) is 5.95 Å². The second kappa shape index (κ2) is 5.02. The monoisotopic (exact) mass is 293 g/mol. The largest absolute Gasteiger partial charge is 0.433 e. The zero-order valence-electron chi connectivity index (χ0n) is 11.2. The third-order valence-electron chi connectivity index (χ3n) is 3.68. The fourth-order valence-electron chi connectivity index (χ4n) is 2.65. The van der Waals surface area contributed by atoms with Crippen LogP contribution in [0.5, 0.6) is 0 Å². The first-order chi connectivity index (χ1) is 9.93. The molecule has 1 heterocycles. The molecule has 0 spiro atoms. The van der Waals surface area contributed by atoms with E-state index in [1.807, 2.05) is 12.1 Å². The molecule has 1 aromatic carbocycles. The quantitative estimate of drug-likeness (QED) is 0.873. The molecular formula is C15H14F3N3. The first kappa shape index (κ1) is 13.9. The lowest BCUT2D eigenvalue weighted by molar-refractivity contribution is -0.141. The van der Waals surface area contributed by atoms with Gasteiger partial charge in [0.15, 0.2) is 5.69 Å². The van der Waals surface area contributed by atoms with Gasteiger partial charge in [0.05, 0.1) is 5.69 Å². The van der Waals surface area contributed by atoms with E-state index in [1.54, 1.807) is 6.07 Å². The van der Waals surface area contributed by atoms with Gasteiger partial charge < -0.3 is 5.73 Å². The van der Waals surface area contributed by atoms with Crippen LogP contribution >= 0.6 is 0 Å². The van der Waals surface area contributed by atoms with Crippen molar-refractivity contribution in [3.63, 3.8) is 0 Å². The number of alkyl halides is 3. The van der Waals surface area contributed by atoms with Crippen LogP contribution in [0.4, 0.5) is 19.1 Å². The molecule has 3 rings (SSSR count). The Labute approximate surface area is 120 Å². The Kier molecular flexibility index (Phi) is 3.31. The molecule has 2 aromatic rings. The van der Waals surface area contributed by atoms with Gasteiger partial charge in [-0.1, -0.05) is 12.1 Å². The summed E-state index contributed by atoms with van der Waals surface area (Å²) in [5.41, 5.74) is 7.71. The summed E-state index contributed by atoms with van der Waals surface area (Å²) in [5, 5.41) is 0. The number of rotatable bonds is 1. The van der Waals surface area contributed by atoms with Gasteiger partial charge >= 0.3 is 6.18 Å². The number of aromatic nitrogens is 2. The van der Waals surface area contributed by atoms with Gasteiger partial charge in [-0.05, 0) is 48.9 Å². The molecule has 6 heteroatoms. The molecule has 21 heavy (non-hydrogen) atoms. The number of nitrogen functional groups attached to an aromatic ring is 1. The third kappa shape index (κ3) is 2.84. The fourth-order valence-corrected chi connectivity index (χ4v) is 2.65. The van der Waals surface area contributed by atoms with Crippen LogP contribution in [0, 0.1) is 0 Å². The van der Waals surface area contributed by atoms with Crippen LogP contribution in [0.25, 0.3) is 11.3 Å². The van der Waals surface area contributed by atoms with E-state index in [9.17, 15) is 13.2 Å². The highest BCUT2D eigenvalue weighted by Gasteiger charge is 2.33. The Morgan fingerprint density at radius 2 is 1.67 bits per heavy atom. The Morgan fingerprint density at radius 1 is 0.952 bits per heavy atom. The molecule has 1 aromatic heterocycles. The molecular weight excluding hydrogens is 279 g/mol. The topological polar surface area (TPSA) is 51.8 Å². The highest BCUT2D eigenvalue weighted by molar-refractivity contribution is 5.62. The van der Waals surface area contributed by atoms with Crippen LogP contribution in [0.15, 0.2) is 24.3 Å². The summed E-state index contributed by atoms with van der Waals surface area (Å²) < 4.78 is 38.4. The van der Waals surface area contributed by atoms with Gasteiger partial charge in [-0.3, -0.25) is 0 Å². The number of benzene rings is 1. The second-order valence-electron chi connectivity index (χ2n) is 5.18. The maximum absolute atomic E-state index is 12.8. The van der Waals surface area contributed by atoms with Crippen LogP contribution in [0.3, 0.4) is 0 Å². The van der Waals surface area contributed by atoms with Crippen molar-refractivity contribution >= 4 is 5.95 Å². The van der Waals surface area contributed by atoms with E-state index in [2.05, 4.69) is 9.97 Å². The van der Waals surface area contributed by atoms with E-state index in [4.69, 9.17) is 5.73 Å². The average Bonchev–Trinajstić information content (AvgIpc) is 2.45. The Morgan fingerprint density at radius 3 is 2.38 bits per heavy atom. The Balaban J connectivity index is 2.06. The zero-order chi connectivity index (χ0) is 15.0. The Hall–Kier alpha value is -2.11. The van der Waals surface area contributed by atoms with Crippen molar-refractivity contribution in [3.05, 3.63) is 41.1 Å². The van der Waals surface area contributed by atoms with E-state index in [1.165, 1.54) is 11.1 Å². The maximum atomic E-state index is 12.8. The van der Waals surface area contributed by atoms with Crippen LogP contribution < -0.4 is 5.73 Å². The predicted octanol–water partition coefficient (Wildman–Crippen LogP) is 3.62. The molecule has 0 bridgehead atoms. The summed E-state index contributed by atoms with van der Waals surface area (Å²) in [4.78, 5) is 7.19. The molecule has 110 valence electrons. The lowest BCUT2D eigenvalue weighted by Crippen LogP contribution is -2.11. The summed E-state index contributed by atoms with van der Waals surface area (Å²) in [6.45, 7) is 0. The standard InChI is InChI=1S/C15H14F3N3/c16-15(17,18)13-8-12(20-14(19)21-13)11-6-5-9-3-1-2-4-10(9)7-11/h5-8H,1-4H2,(H2,19,20,21). The third-order valence-corrected chi connectivity index (χ3v) is 3.68. The normalized spacial score (nSPS) is 14.8. The van der Waals surface area contributed by atoms with Crippen molar-refractivity contribution in [3.8, 4) is 11.3 Å². The van der Waals surface area contributed by atoms with Gasteiger partial charge in [0.25, 0.3) is 0 Å². The average molecular weight is 293 g/mol. The summed E-state index contributed by atoms with van der Waals surface area (Å²) in [6, 6.07) is 6.62. The van der Waals surface area contributed by atoms with Gasteiger partial charge in [0.1, 0.15) is 0 Å². The van der Waals surface area contributed by atoms with Gasteiger partial charge in [0, 0.05) is 5.56 Å². The van der Waals surface area contributed by atoms with Crippen molar-refractivity contribution in [2.45, 2.75) is 31.9 Å². The molecule has 0 unspecified atom stereocenters. The van der Waals surface area contributed by atoms with E-state index < -0.39 is 11.9 Å². The molecule has 2 N–H and O–H groups in total. The summed E-state index contributed by atoms with van der Waals surface area (Å²) in [6.07, 6.45) is -0.285. The van der Waals surface area contributed by atoms with Crippen molar-refractivity contribution in [1.82, 2.24) is 9.97 Å². The number of nitrogens with two attached hydrogens (primary N) is 1. The van der Waals surface area contributed by atoms with Crippen molar-refractivity contribution < 1.29 is 13.2 Å². The second-order valence-corrected chi connectivity index (χ2v) is 5.18. The number of aryl methyl sites for hydroxylation is 2. The molecule has 0 aliphatic heterocycles. The fraction of sp³-hybridized carbons (Fsp3) is 0.333. The van der Waals surface area contributed by atoms with Gasteiger partial charge in [-0.2, -0.15) is 13.2 Å². The molecule has 1 aliphatic carbocycles. The van der Waals surface area contributed by atoms with Crippen molar-refractivity contribution in [1.29, 1.82) is 0 Å². The van der Waals surface area contributed by atoms with Crippen molar-refractivity contribution in [2.24, 2.45) is 0 Å². The molecule has 0 saturated carbocycles. The molecule has 1 aliphatic rings. The summed E-state index contributed by atoms with van der Waals surface area (Å²) in [5.74, 6) is -0.363. The minimum absolute atomic E-state index is 0.211. The maximum Gasteiger partial charge on any atom is 0.433 e. The number of halogens is 3. The number of nitrogens with zero attached hydrogens (tertiary/aromatic N) is 2. The number of anilines is 1. The zero-order valence-corrected chi connectivity index (χ0v) is 11.2. The predicted molar refractivity (Wildman–Crippen MR) is 73.5 cm³/mol. The first-order valence-corrected chi connectivity index (χ1v) is 6.77. The summed E-state index contributed by atoms with van der Waals surface area (Å²) in [7, 11) is 0. The van der Waals surface area contributed by atoms with Crippen LogP contribution in [-0.2, 0) is 19.0 Å². The van der Waals surface area contributed by atoms with Crippen LogP contribution in [0.2, 0.25) is 0 Å². The van der Waals surface area contributed by atoms with Gasteiger partial charge in [-0.15, -0.1) is 0 Å². The molecule has 3 nitrogen and oxygen atoms in total. The van der Waals surface area contributed by atoms with E-state index >= 15 is 0 Å². The van der Waals surface area contributed by atoms with E-state index in [0.717, 1.165) is 31.7 Å². The van der Waals surface area contributed by atoms with Crippen LogP contribution in [-0.4, -0.2) is 9.97 Å².